The summed E-state index contributed by atoms with van der Waals surface area (Å²) in [6.45, 7) is 1.87. The number of aromatic amines is 1. The molecule has 0 aliphatic rings. The van der Waals surface area contributed by atoms with Crippen LogP contribution in [0.15, 0.2) is 30.6 Å². The van der Waals surface area contributed by atoms with Gasteiger partial charge in [-0.2, -0.15) is 5.10 Å². The SMILES string of the molecule is Cc1nc(-c2cccc3nccnc23)n[nH]1. The zero-order valence-corrected chi connectivity index (χ0v) is 8.68. The van der Waals surface area contributed by atoms with Crippen molar-refractivity contribution >= 4 is 11.0 Å². The maximum Gasteiger partial charge on any atom is 0.183 e. The molecule has 0 atom stereocenters. The molecule has 3 aromatic rings. The Bertz CT molecular complexity index is 638. The molecule has 16 heavy (non-hydrogen) atoms. The topological polar surface area (TPSA) is 67.3 Å². The molecular weight excluding hydrogens is 202 g/mol. The van der Waals surface area contributed by atoms with Crippen LogP contribution in [-0.2, 0) is 0 Å². The molecule has 78 valence electrons. The van der Waals surface area contributed by atoms with Crippen LogP contribution in [0.2, 0.25) is 0 Å². The highest BCUT2D eigenvalue weighted by molar-refractivity contribution is 5.88. The van der Waals surface area contributed by atoms with Crippen LogP contribution in [0.1, 0.15) is 5.82 Å². The van der Waals surface area contributed by atoms with Crippen LogP contribution in [0.25, 0.3) is 22.4 Å². The fourth-order valence-corrected chi connectivity index (χ4v) is 1.64. The Hall–Kier alpha value is -2.30. The number of aromatic nitrogens is 5. The summed E-state index contributed by atoms with van der Waals surface area (Å²) in [4.78, 5) is 12.9. The predicted octanol–water partition coefficient (Wildman–Crippen LogP) is 1.72. The molecule has 0 unspecified atom stereocenters. The van der Waals surface area contributed by atoms with Crippen molar-refractivity contribution in [2.24, 2.45) is 0 Å². The van der Waals surface area contributed by atoms with E-state index in [1.807, 2.05) is 25.1 Å². The Labute approximate surface area is 91.6 Å². The first-order valence-corrected chi connectivity index (χ1v) is 4.94. The molecule has 5 nitrogen and oxygen atoms in total. The highest BCUT2D eigenvalue weighted by Crippen LogP contribution is 2.22. The molecule has 5 heteroatoms. The first-order chi connectivity index (χ1) is 7.84. The van der Waals surface area contributed by atoms with E-state index < -0.39 is 0 Å². The molecule has 0 amide bonds. The van der Waals surface area contributed by atoms with Crippen molar-refractivity contribution < 1.29 is 0 Å². The van der Waals surface area contributed by atoms with Gasteiger partial charge in [-0.3, -0.25) is 15.1 Å². The lowest BCUT2D eigenvalue weighted by molar-refractivity contribution is 1.04. The summed E-state index contributed by atoms with van der Waals surface area (Å²) in [7, 11) is 0. The highest BCUT2D eigenvalue weighted by atomic mass is 15.2. The van der Waals surface area contributed by atoms with Crippen LogP contribution < -0.4 is 0 Å². The van der Waals surface area contributed by atoms with Crippen LogP contribution in [0.4, 0.5) is 0 Å². The van der Waals surface area contributed by atoms with Gasteiger partial charge in [0.1, 0.15) is 5.82 Å². The van der Waals surface area contributed by atoms with E-state index in [-0.39, 0.29) is 0 Å². The Kier molecular flexibility index (Phi) is 1.89. The molecule has 0 aliphatic carbocycles. The fraction of sp³-hybridized carbons (Fsp3) is 0.0909. The van der Waals surface area contributed by atoms with Gasteiger partial charge in [0.15, 0.2) is 5.82 Å². The summed E-state index contributed by atoms with van der Waals surface area (Å²) in [5, 5.41) is 6.95. The zero-order valence-electron chi connectivity index (χ0n) is 8.68. The van der Waals surface area contributed by atoms with Crippen molar-refractivity contribution in [3.63, 3.8) is 0 Å². The molecule has 1 N–H and O–H groups in total. The highest BCUT2D eigenvalue weighted by Gasteiger charge is 2.08. The summed E-state index contributed by atoms with van der Waals surface area (Å²) >= 11 is 0. The summed E-state index contributed by atoms with van der Waals surface area (Å²) in [6, 6.07) is 5.79. The first kappa shape index (κ1) is 8.96. The van der Waals surface area contributed by atoms with Crippen molar-refractivity contribution in [1.82, 2.24) is 25.1 Å². The van der Waals surface area contributed by atoms with E-state index in [9.17, 15) is 0 Å². The van der Waals surface area contributed by atoms with Gasteiger partial charge in [0.25, 0.3) is 0 Å². The molecule has 0 fully saturated rings. The molecule has 0 saturated heterocycles. The Morgan fingerprint density at radius 2 is 2.00 bits per heavy atom. The number of aryl methyl sites for hydroxylation is 1. The largest absolute Gasteiger partial charge is 0.263 e. The van der Waals surface area contributed by atoms with E-state index in [0.29, 0.717) is 5.82 Å². The van der Waals surface area contributed by atoms with Gasteiger partial charge in [-0.25, -0.2) is 4.98 Å². The number of hydrogen-bond acceptors (Lipinski definition) is 4. The summed E-state index contributed by atoms with van der Waals surface area (Å²) in [5.74, 6) is 1.44. The summed E-state index contributed by atoms with van der Waals surface area (Å²) in [6.07, 6.45) is 3.35. The minimum atomic E-state index is 0.656. The molecule has 2 aromatic heterocycles. The van der Waals surface area contributed by atoms with Gasteiger partial charge in [0.05, 0.1) is 11.0 Å². The molecule has 0 saturated carbocycles. The lowest BCUT2D eigenvalue weighted by Gasteiger charge is -1.99. The van der Waals surface area contributed by atoms with Gasteiger partial charge in [0.2, 0.25) is 0 Å². The van der Waals surface area contributed by atoms with Crippen LogP contribution >= 0.6 is 0 Å². The lowest BCUT2D eigenvalue weighted by atomic mass is 10.1. The maximum atomic E-state index is 4.31. The summed E-state index contributed by atoms with van der Waals surface area (Å²) in [5.41, 5.74) is 2.57. The van der Waals surface area contributed by atoms with Gasteiger partial charge in [0, 0.05) is 18.0 Å². The molecule has 0 bridgehead atoms. The van der Waals surface area contributed by atoms with E-state index in [1.165, 1.54) is 0 Å². The van der Waals surface area contributed by atoms with E-state index in [4.69, 9.17) is 0 Å². The monoisotopic (exact) mass is 211 g/mol. The second-order valence-electron chi connectivity index (χ2n) is 3.47. The molecule has 3 rings (SSSR count). The van der Waals surface area contributed by atoms with Crippen LogP contribution in [0, 0.1) is 6.92 Å². The minimum absolute atomic E-state index is 0.656. The third-order valence-electron chi connectivity index (χ3n) is 2.34. The van der Waals surface area contributed by atoms with Crippen molar-refractivity contribution in [2.75, 3.05) is 0 Å². The smallest absolute Gasteiger partial charge is 0.183 e. The second kappa shape index (κ2) is 3.37. The predicted molar refractivity (Wildman–Crippen MR) is 59.7 cm³/mol. The molecule has 0 radical (unpaired) electrons. The average Bonchev–Trinajstić information content (AvgIpc) is 2.75. The summed E-state index contributed by atoms with van der Waals surface area (Å²) < 4.78 is 0. The quantitative estimate of drug-likeness (QED) is 0.665. The molecular formula is C11H9N5. The van der Waals surface area contributed by atoms with Crippen LogP contribution in [-0.4, -0.2) is 25.1 Å². The van der Waals surface area contributed by atoms with Gasteiger partial charge < -0.3 is 0 Å². The van der Waals surface area contributed by atoms with Crippen molar-refractivity contribution in [3.05, 3.63) is 36.4 Å². The number of nitrogens with zero attached hydrogens (tertiary/aromatic N) is 4. The standard InChI is InChI=1S/C11H9N5/c1-7-14-11(16-15-7)8-3-2-4-9-10(8)13-6-5-12-9/h2-6H,1H3,(H,14,15,16). The molecule has 1 aromatic carbocycles. The maximum absolute atomic E-state index is 4.31. The molecule has 0 aliphatic heterocycles. The third kappa shape index (κ3) is 1.33. The number of rotatable bonds is 1. The van der Waals surface area contributed by atoms with E-state index in [1.54, 1.807) is 12.4 Å². The van der Waals surface area contributed by atoms with Gasteiger partial charge in [-0.15, -0.1) is 0 Å². The van der Waals surface area contributed by atoms with Gasteiger partial charge >= 0.3 is 0 Å². The van der Waals surface area contributed by atoms with Crippen molar-refractivity contribution in [1.29, 1.82) is 0 Å². The van der Waals surface area contributed by atoms with E-state index in [0.717, 1.165) is 22.4 Å². The third-order valence-corrected chi connectivity index (χ3v) is 2.34. The molecule has 2 heterocycles. The number of nitrogens with one attached hydrogen (secondary N) is 1. The normalized spacial score (nSPS) is 10.8. The Morgan fingerprint density at radius 1 is 1.12 bits per heavy atom. The van der Waals surface area contributed by atoms with Gasteiger partial charge in [-0.05, 0) is 19.1 Å². The van der Waals surface area contributed by atoms with Crippen LogP contribution in [0.5, 0.6) is 0 Å². The van der Waals surface area contributed by atoms with Crippen molar-refractivity contribution in [3.8, 4) is 11.4 Å². The lowest BCUT2D eigenvalue weighted by Crippen LogP contribution is -1.88. The van der Waals surface area contributed by atoms with Gasteiger partial charge in [-0.1, -0.05) is 6.07 Å². The minimum Gasteiger partial charge on any atom is -0.263 e. The molecule has 0 spiro atoms. The van der Waals surface area contributed by atoms with Crippen LogP contribution in [0.3, 0.4) is 0 Å². The number of hydrogen-bond donors (Lipinski definition) is 1. The van der Waals surface area contributed by atoms with E-state index >= 15 is 0 Å². The number of para-hydroxylation sites is 1. The van der Waals surface area contributed by atoms with Crippen molar-refractivity contribution in [2.45, 2.75) is 6.92 Å². The number of fused-ring (bicyclic) bond motifs is 1. The average molecular weight is 211 g/mol. The second-order valence-corrected chi connectivity index (χ2v) is 3.47. The first-order valence-electron chi connectivity index (χ1n) is 4.94. The van der Waals surface area contributed by atoms with E-state index in [2.05, 4.69) is 25.1 Å². The fourth-order valence-electron chi connectivity index (χ4n) is 1.64. The number of benzene rings is 1. The number of H-pyrrole nitrogens is 1. The Balaban J connectivity index is 2.31. The zero-order chi connectivity index (χ0) is 11.0. The Morgan fingerprint density at radius 3 is 2.81 bits per heavy atom.